The smallest absolute Gasteiger partial charge is 0.329 e. The lowest BCUT2D eigenvalue weighted by Gasteiger charge is -2.19. The van der Waals surface area contributed by atoms with Crippen molar-refractivity contribution >= 4 is 37.8 Å². The summed E-state index contributed by atoms with van der Waals surface area (Å²) in [4.78, 5) is 16.3. The van der Waals surface area contributed by atoms with Crippen molar-refractivity contribution in [3.05, 3.63) is 26.9 Å². The molecule has 0 aliphatic heterocycles. The number of hydrogen-bond donors (Lipinski definition) is 1. The monoisotopic (exact) mass is 392 g/mol. The summed E-state index contributed by atoms with van der Waals surface area (Å²) in [6.07, 6.45) is 1.67. The molecule has 1 N–H and O–H groups in total. The van der Waals surface area contributed by atoms with E-state index in [2.05, 4.69) is 56.0 Å². The molecule has 0 fully saturated rings. The second-order valence-electron chi connectivity index (χ2n) is 4.51. The van der Waals surface area contributed by atoms with Gasteiger partial charge in [-0.3, -0.25) is 10.3 Å². The molecule has 0 saturated heterocycles. The number of nitrogens with one attached hydrogen (secondary N) is 1. The van der Waals surface area contributed by atoms with E-state index in [1.54, 1.807) is 13.1 Å². The lowest BCUT2D eigenvalue weighted by atomic mass is 10.1. The molecule has 1 rings (SSSR count). The summed E-state index contributed by atoms with van der Waals surface area (Å²) in [6.45, 7) is 7.03. The number of hydrogen-bond acceptors (Lipinski definition) is 4. The normalized spacial score (nSPS) is 12.5. The van der Waals surface area contributed by atoms with E-state index in [0.29, 0.717) is 24.8 Å². The highest BCUT2D eigenvalue weighted by Crippen LogP contribution is 2.25. The van der Waals surface area contributed by atoms with Crippen LogP contribution in [0.4, 0.5) is 0 Å². The van der Waals surface area contributed by atoms with Crippen LogP contribution in [0.2, 0.25) is 0 Å². The molecule has 4 nitrogen and oxygen atoms in total. The van der Waals surface area contributed by atoms with Crippen LogP contribution in [0.5, 0.6) is 0 Å². The number of aromatic nitrogens is 1. The lowest BCUT2D eigenvalue weighted by molar-refractivity contribution is -0.146. The number of nitrogens with zero attached hydrogens (tertiary/aromatic N) is 1. The van der Waals surface area contributed by atoms with Crippen molar-refractivity contribution in [1.29, 1.82) is 0 Å². The summed E-state index contributed by atoms with van der Waals surface area (Å²) in [6, 6.07) is 1.32. The van der Waals surface area contributed by atoms with Crippen LogP contribution in [0.1, 0.15) is 32.5 Å². The van der Waals surface area contributed by atoms with E-state index in [4.69, 9.17) is 4.74 Å². The molecule has 0 bridgehead atoms. The average molecular weight is 394 g/mol. The van der Waals surface area contributed by atoms with Crippen LogP contribution in [0.25, 0.3) is 0 Å². The number of halogens is 2. The predicted octanol–water partition coefficient (Wildman–Crippen LogP) is 3.46. The second kappa shape index (κ2) is 7.97. The van der Waals surface area contributed by atoms with Crippen molar-refractivity contribution in [3.8, 4) is 0 Å². The van der Waals surface area contributed by atoms with Crippen LogP contribution < -0.4 is 5.32 Å². The average Bonchev–Trinajstić information content (AvgIpc) is 2.31. The maximum atomic E-state index is 12.0. The van der Waals surface area contributed by atoms with E-state index in [1.165, 1.54) is 0 Å². The van der Waals surface area contributed by atoms with Crippen LogP contribution in [0.3, 0.4) is 0 Å². The number of ether oxygens (including phenoxy) is 1. The Bertz CT molecular complexity index is 439. The first-order valence-corrected chi connectivity index (χ1v) is 7.75. The van der Waals surface area contributed by atoms with Gasteiger partial charge in [-0.2, -0.15) is 0 Å². The van der Waals surface area contributed by atoms with Crippen LogP contribution in [0, 0.1) is 5.92 Å². The van der Waals surface area contributed by atoms with Crippen molar-refractivity contribution < 1.29 is 9.53 Å². The van der Waals surface area contributed by atoms with E-state index in [1.807, 2.05) is 6.07 Å². The first kappa shape index (κ1) is 16.6. The summed E-state index contributed by atoms with van der Waals surface area (Å²) in [5.41, 5.74) is 0.641. The van der Waals surface area contributed by atoms with E-state index in [-0.39, 0.29) is 5.97 Å². The fourth-order valence-electron chi connectivity index (χ4n) is 1.51. The molecule has 1 aromatic heterocycles. The molecule has 19 heavy (non-hydrogen) atoms. The molecule has 0 spiro atoms. The van der Waals surface area contributed by atoms with Crippen LogP contribution in [-0.2, 0) is 9.53 Å². The highest BCUT2D eigenvalue weighted by atomic mass is 79.9. The largest absolute Gasteiger partial charge is 0.465 e. The zero-order valence-electron chi connectivity index (χ0n) is 11.2. The molecule has 1 aromatic rings. The number of carbonyl (C=O) groups is 1. The molecule has 0 aliphatic carbocycles. The van der Waals surface area contributed by atoms with Gasteiger partial charge in [0.05, 0.1) is 12.3 Å². The van der Waals surface area contributed by atoms with Gasteiger partial charge in [-0.05, 0) is 57.3 Å². The van der Waals surface area contributed by atoms with Gasteiger partial charge < -0.3 is 4.74 Å². The highest BCUT2D eigenvalue weighted by molar-refractivity contribution is 9.11. The maximum Gasteiger partial charge on any atom is 0.329 e. The Morgan fingerprint density at radius 3 is 2.68 bits per heavy atom. The Balaban J connectivity index is 2.97. The van der Waals surface area contributed by atoms with Gasteiger partial charge in [-0.1, -0.05) is 13.8 Å². The van der Waals surface area contributed by atoms with Crippen molar-refractivity contribution in [1.82, 2.24) is 10.3 Å². The van der Waals surface area contributed by atoms with Gasteiger partial charge >= 0.3 is 5.97 Å². The Morgan fingerprint density at radius 2 is 2.16 bits per heavy atom. The quantitative estimate of drug-likeness (QED) is 0.752. The van der Waals surface area contributed by atoms with Gasteiger partial charge in [0.15, 0.2) is 0 Å². The number of rotatable bonds is 6. The van der Waals surface area contributed by atoms with Crippen molar-refractivity contribution in [2.24, 2.45) is 5.92 Å². The summed E-state index contributed by atoms with van der Waals surface area (Å²) < 4.78 is 6.73. The van der Waals surface area contributed by atoms with Gasteiger partial charge in [0.2, 0.25) is 0 Å². The van der Waals surface area contributed by atoms with Crippen molar-refractivity contribution in [2.75, 3.05) is 13.2 Å². The molecule has 1 atom stereocenters. The van der Waals surface area contributed by atoms with Crippen LogP contribution in [0.15, 0.2) is 21.2 Å². The zero-order valence-corrected chi connectivity index (χ0v) is 14.4. The minimum atomic E-state index is -0.551. The Labute approximate surface area is 130 Å². The topological polar surface area (TPSA) is 51.2 Å². The van der Waals surface area contributed by atoms with E-state index < -0.39 is 6.04 Å². The van der Waals surface area contributed by atoms with Gasteiger partial charge in [-0.15, -0.1) is 0 Å². The zero-order chi connectivity index (χ0) is 14.4. The van der Waals surface area contributed by atoms with Crippen LogP contribution >= 0.6 is 31.9 Å². The first-order valence-electron chi connectivity index (χ1n) is 6.16. The highest BCUT2D eigenvalue weighted by Gasteiger charge is 2.25. The molecule has 0 aliphatic rings. The fourth-order valence-corrected chi connectivity index (χ4v) is 2.72. The van der Waals surface area contributed by atoms with Crippen molar-refractivity contribution in [3.63, 3.8) is 0 Å². The minimum absolute atomic E-state index is 0.307. The van der Waals surface area contributed by atoms with E-state index >= 15 is 0 Å². The molecular formula is C13H18Br2N2O2. The summed E-state index contributed by atoms with van der Waals surface area (Å²) >= 11 is 6.78. The molecule has 0 saturated carbocycles. The Hall–Kier alpha value is -0.460. The summed E-state index contributed by atoms with van der Waals surface area (Å²) in [5.74, 6) is 0.129. The van der Waals surface area contributed by atoms with Gasteiger partial charge in [0.25, 0.3) is 0 Å². The molecule has 0 radical (unpaired) electrons. The van der Waals surface area contributed by atoms with Gasteiger partial charge in [0, 0.05) is 15.1 Å². The predicted molar refractivity (Wildman–Crippen MR) is 81.9 cm³/mol. The van der Waals surface area contributed by atoms with Crippen molar-refractivity contribution in [2.45, 2.75) is 26.8 Å². The maximum absolute atomic E-state index is 12.0. The molecule has 1 unspecified atom stereocenters. The Kier molecular flexibility index (Phi) is 6.96. The third kappa shape index (κ3) is 5.20. The standard InChI is InChI=1S/C13H18Br2N2O2/c1-4-19-13(18)12(16-6-8(2)3)11-10(15)5-9(14)7-17-11/h5,7-8,12,16H,4,6H2,1-3H3. The molecule has 6 heteroatoms. The fraction of sp³-hybridized carbons (Fsp3) is 0.538. The van der Waals surface area contributed by atoms with Gasteiger partial charge in [-0.25, -0.2) is 4.79 Å². The van der Waals surface area contributed by atoms with E-state index in [0.717, 1.165) is 8.95 Å². The number of carbonyl (C=O) groups excluding carboxylic acids is 1. The first-order chi connectivity index (χ1) is 8.95. The minimum Gasteiger partial charge on any atom is -0.465 e. The third-order valence-corrected chi connectivity index (χ3v) is 3.43. The van der Waals surface area contributed by atoms with Gasteiger partial charge in [0.1, 0.15) is 6.04 Å². The number of pyridine rings is 1. The third-order valence-electron chi connectivity index (χ3n) is 2.36. The Morgan fingerprint density at radius 1 is 1.47 bits per heavy atom. The molecule has 0 aromatic carbocycles. The summed E-state index contributed by atoms with van der Waals surface area (Å²) in [5, 5.41) is 3.20. The molecule has 0 amide bonds. The molecule has 1 heterocycles. The number of esters is 1. The van der Waals surface area contributed by atoms with Crippen LogP contribution in [-0.4, -0.2) is 24.1 Å². The molecular weight excluding hydrogens is 376 g/mol. The summed E-state index contributed by atoms with van der Waals surface area (Å²) in [7, 11) is 0. The molecule has 106 valence electrons. The lowest BCUT2D eigenvalue weighted by Crippen LogP contribution is -2.33. The SMILES string of the molecule is CCOC(=O)C(NCC(C)C)c1ncc(Br)cc1Br. The van der Waals surface area contributed by atoms with E-state index in [9.17, 15) is 4.79 Å². The second-order valence-corrected chi connectivity index (χ2v) is 6.28.